The summed E-state index contributed by atoms with van der Waals surface area (Å²) in [5.74, 6) is -1.84. The van der Waals surface area contributed by atoms with Crippen LogP contribution in [0, 0.1) is 0 Å². The maximum absolute atomic E-state index is 13.9. The zero-order valence-electron chi connectivity index (χ0n) is 26.2. The molecule has 3 aromatic rings. The number of hydrogen-bond donors (Lipinski definition) is 2. The summed E-state index contributed by atoms with van der Waals surface area (Å²) >= 11 is 0.992. The molecule has 8 nitrogen and oxygen atoms in total. The van der Waals surface area contributed by atoms with E-state index in [2.05, 4.69) is 21.8 Å². The lowest BCUT2D eigenvalue weighted by Crippen LogP contribution is -2.42. The SMILES string of the molecule is C=C/C=C\C(=C/C)N1C(=O)/C(=C/c2ccc(N(CC)CC)cc2O)C(=O)N=C1SCC(=O)NC(c1ccccc1)c1ccccc1. The highest BCUT2D eigenvalue weighted by Gasteiger charge is 2.35. The van der Waals surface area contributed by atoms with E-state index in [-0.39, 0.29) is 34.2 Å². The van der Waals surface area contributed by atoms with Crippen molar-refractivity contribution in [2.45, 2.75) is 26.8 Å². The van der Waals surface area contributed by atoms with E-state index in [4.69, 9.17) is 0 Å². The molecule has 2 N–H and O–H groups in total. The van der Waals surface area contributed by atoms with Gasteiger partial charge in [0.05, 0.1) is 11.8 Å². The molecular weight excluding hydrogens is 596 g/mol. The van der Waals surface area contributed by atoms with Gasteiger partial charge in [-0.3, -0.25) is 19.3 Å². The van der Waals surface area contributed by atoms with Crippen molar-refractivity contribution in [2.75, 3.05) is 23.7 Å². The minimum absolute atomic E-state index is 0.0610. The lowest BCUT2D eigenvalue weighted by molar-refractivity contribution is -0.126. The average molecular weight is 635 g/mol. The van der Waals surface area contributed by atoms with Crippen molar-refractivity contribution in [2.24, 2.45) is 4.99 Å². The molecule has 1 heterocycles. The molecule has 1 aliphatic rings. The first-order valence-electron chi connectivity index (χ1n) is 15.1. The van der Waals surface area contributed by atoms with Crippen molar-refractivity contribution in [3.8, 4) is 5.75 Å². The predicted molar refractivity (Wildman–Crippen MR) is 187 cm³/mol. The van der Waals surface area contributed by atoms with Gasteiger partial charge in [0.1, 0.15) is 11.3 Å². The van der Waals surface area contributed by atoms with Gasteiger partial charge in [0, 0.05) is 36.1 Å². The molecule has 0 radical (unpaired) electrons. The standard InChI is InChI=1S/C37H38N4O4S/c1-5-9-20-29(6-2)41-36(45)31(23-28-21-22-30(24-32(28)42)40(7-3)8-4)35(44)39-37(41)46-25-33(43)38-34(26-16-12-10-13-17-26)27-18-14-11-15-19-27/h5-6,9-24,34,42H,1,7-8,25H2,2-4H3,(H,38,43)/b20-9-,29-6+,31-23+. The average Bonchev–Trinajstić information content (AvgIpc) is 3.07. The van der Waals surface area contributed by atoms with Gasteiger partial charge in [-0.25, -0.2) is 0 Å². The van der Waals surface area contributed by atoms with E-state index in [1.54, 1.807) is 43.4 Å². The topological polar surface area (TPSA) is 102 Å². The van der Waals surface area contributed by atoms with Gasteiger partial charge in [-0.2, -0.15) is 4.99 Å². The summed E-state index contributed by atoms with van der Waals surface area (Å²) < 4.78 is 0. The summed E-state index contributed by atoms with van der Waals surface area (Å²) in [6.45, 7) is 11.0. The van der Waals surface area contributed by atoms with E-state index in [0.717, 1.165) is 41.7 Å². The van der Waals surface area contributed by atoms with Crippen LogP contribution in [0.25, 0.3) is 6.08 Å². The number of nitrogens with zero attached hydrogens (tertiary/aromatic N) is 3. The number of aromatic hydroxyl groups is 1. The highest BCUT2D eigenvalue weighted by atomic mass is 32.2. The van der Waals surface area contributed by atoms with Gasteiger partial charge in [0.2, 0.25) is 5.91 Å². The van der Waals surface area contributed by atoms with E-state index in [9.17, 15) is 19.5 Å². The summed E-state index contributed by atoms with van der Waals surface area (Å²) in [5.41, 5.74) is 3.22. The predicted octanol–water partition coefficient (Wildman–Crippen LogP) is 6.63. The molecule has 0 fully saturated rings. The molecule has 3 aromatic carbocycles. The Bertz CT molecular complexity index is 1650. The molecule has 1 aliphatic heterocycles. The van der Waals surface area contributed by atoms with E-state index in [0.29, 0.717) is 11.3 Å². The minimum Gasteiger partial charge on any atom is -0.507 e. The van der Waals surface area contributed by atoms with Crippen LogP contribution in [0.1, 0.15) is 43.5 Å². The third kappa shape index (κ3) is 8.11. The molecule has 0 unspecified atom stereocenters. The summed E-state index contributed by atoms with van der Waals surface area (Å²) in [4.78, 5) is 48.2. The number of hydrogen-bond acceptors (Lipinski definition) is 6. The van der Waals surface area contributed by atoms with E-state index >= 15 is 0 Å². The Morgan fingerprint density at radius 2 is 1.65 bits per heavy atom. The number of thioether (sulfide) groups is 1. The number of allylic oxidation sites excluding steroid dienone is 4. The van der Waals surface area contributed by atoms with E-state index in [1.807, 2.05) is 80.6 Å². The van der Waals surface area contributed by atoms with Crippen LogP contribution in [0.3, 0.4) is 0 Å². The van der Waals surface area contributed by atoms with Crippen LogP contribution in [-0.2, 0) is 14.4 Å². The second-order valence-electron chi connectivity index (χ2n) is 10.2. The highest BCUT2D eigenvalue weighted by Crippen LogP contribution is 2.30. The van der Waals surface area contributed by atoms with Crippen molar-refractivity contribution in [1.29, 1.82) is 0 Å². The molecule has 236 valence electrons. The van der Waals surface area contributed by atoms with Crippen LogP contribution in [0.2, 0.25) is 0 Å². The first-order valence-corrected chi connectivity index (χ1v) is 16.0. The zero-order valence-corrected chi connectivity index (χ0v) is 27.0. The lowest BCUT2D eigenvalue weighted by atomic mass is 9.99. The number of carbonyl (C=O) groups is 3. The van der Waals surface area contributed by atoms with Crippen LogP contribution >= 0.6 is 11.8 Å². The number of nitrogens with one attached hydrogen (secondary N) is 1. The van der Waals surface area contributed by atoms with Gasteiger partial charge in [-0.05, 0) is 56.2 Å². The Labute approximate surface area is 274 Å². The van der Waals surface area contributed by atoms with Crippen LogP contribution in [0.5, 0.6) is 5.75 Å². The summed E-state index contributed by atoms with van der Waals surface area (Å²) in [5, 5.41) is 13.9. The number of phenolic OH excluding ortho intramolecular Hbond substituents is 1. The van der Waals surface area contributed by atoms with Gasteiger partial charge in [0.15, 0.2) is 5.17 Å². The highest BCUT2D eigenvalue weighted by molar-refractivity contribution is 8.14. The molecule has 4 rings (SSSR count). The van der Waals surface area contributed by atoms with Crippen LogP contribution in [-0.4, -0.2) is 51.7 Å². The van der Waals surface area contributed by atoms with Crippen molar-refractivity contribution < 1.29 is 19.5 Å². The van der Waals surface area contributed by atoms with Gasteiger partial charge in [0.25, 0.3) is 11.8 Å². The van der Waals surface area contributed by atoms with Gasteiger partial charge < -0.3 is 15.3 Å². The monoisotopic (exact) mass is 634 g/mol. The summed E-state index contributed by atoms with van der Waals surface area (Å²) in [6.07, 6.45) is 7.97. The Kier molecular flexibility index (Phi) is 11.9. The fourth-order valence-corrected chi connectivity index (χ4v) is 5.80. The quantitative estimate of drug-likeness (QED) is 0.132. The second-order valence-corrected chi connectivity index (χ2v) is 11.2. The molecule has 0 spiro atoms. The number of phenols is 1. The van der Waals surface area contributed by atoms with Crippen molar-refractivity contribution in [1.82, 2.24) is 10.2 Å². The molecular formula is C37H38N4O4S. The third-order valence-electron chi connectivity index (χ3n) is 7.36. The van der Waals surface area contributed by atoms with Gasteiger partial charge >= 0.3 is 0 Å². The zero-order chi connectivity index (χ0) is 33.1. The molecule has 0 atom stereocenters. The first-order chi connectivity index (χ1) is 22.3. The fourth-order valence-electron chi connectivity index (χ4n) is 4.99. The molecule has 46 heavy (non-hydrogen) atoms. The molecule has 0 bridgehead atoms. The molecule has 0 aromatic heterocycles. The van der Waals surface area contributed by atoms with E-state index < -0.39 is 11.8 Å². The Morgan fingerprint density at radius 1 is 1.02 bits per heavy atom. The van der Waals surface area contributed by atoms with Crippen LogP contribution in [0.4, 0.5) is 5.69 Å². The summed E-state index contributed by atoms with van der Waals surface area (Å²) in [7, 11) is 0. The molecule has 0 saturated heterocycles. The third-order valence-corrected chi connectivity index (χ3v) is 8.29. The number of amidine groups is 1. The maximum atomic E-state index is 13.9. The minimum atomic E-state index is -0.758. The lowest BCUT2D eigenvalue weighted by Gasteiger charge is -2.28. The normalized spacial score (nSPS) is 14.6. The van der Waals surface area contributed by atoms with Gasteiger partial charge in [-0.1, -0.05) is 97.2 Å². The number of benzene rings is 3. The number of aliphatic imine (C=N–C) groups is 1. The second kappa shape index (κ2) is 16.2. The number of amides is 3. The fraction of sp³-hybridized carbons (Fsp3) is 0.189. The molecule has 0 saturated carbocycles. The van der Waals surface area contributed by atoms with Crippen LogP contribution < -0.4 is 10.2 Å². The smallest absolute Gasteiger partial charge is 0.285 e. The summed E-state index contributed by atoms with van der Waals surface area (Å²) in [6, 6.07) is 24.0. The molecule has 3 amide bonds. The Morgan fingerprint density at radius 3 is 2.20 bits per heavy atom. The van der Waals surface area contributed by atoms with Crippen LogP contribution in [0.15, 0.2) is 126 Å². The van der Waals surface area contributed by atoms with Crippen molar-refractivity contribution in [3.63, 3.8) is 0 Å². The van der Waals surface area contributed by atoms with Gasteiger partial charge in [-0.15, -0.1) is 0 Å². The van der Waals surface area contributed by atoms with Crippen molar-refractivity contribution in [3.05, 3.63) is 138 Å². The Balaban J connectivity index is 1.63. The van der Waals surface area contributed by atoms with Crippen molar-refractivity contribution >= 4 is 46.4 Å². The van der Waals surface area contributed by atoms with E-state index in [1.165, 1.54) is 11.0 Å². The maximum Gasteiger partial charge on any atom is 0.285 e. The number of rotatable bonds is 12. The molecule has 9 heteroatoms. The number of anilines is 1. The first kappa shape index (κ1) is 33.7. The number of carbonyl (C=O) groups excluding carboxylic acids is 3. The Hall–Kier alpha value is -5.15. The molecule has 0 aliphatic carbocycles. The largest absolute Gasteiger partial charge is 0.507 e.